The summed E-state index contributed by atoms with van der Waals surface area (Å²) in [5.41, 5.74) is 1.13. The zero-order valence-corrected chi connectivity index (χ0v) is 12.1. The number of carbonyl (C=O) groups is 2. The Morgan fingerprint density at radius 1 is 1.30 bits per heavy atom. The monoisotopic (exact) mass is 292 g/mol. The molecule has 4 nitrogen and oxygen atoms in total. The van der Waals surface area contributed by atoms with Crippen LogP contribution in [0.25, 0.3) is 10.9 Å². The minimum atomic E-state index is -0.558. The lowest BCUT2D eigenvalue weighted by Gasteiger charge is -2.03. The number of ketones is 1. The molecule has 2 rings (SSSR count). The first-order valence-electron chi connectivity index (χ1n) is 6.72. The number of nitrogens with one attached hydrogen (secondary N) is 2. The van der Waals surface area contributed by atoms with Gasteiger partial charge < -0.3 is 10.3 Å². The lowest BCUT2D eigenvalue weighted by atomic mass is 10.1. The summed E-state index contributed by atoms with van der Waals surface area (Å²) in [5.74, 6) is -1.08. The Labute approximate surface area is 122 Å². The van der Waals surface area contributed by atoms with Crippen LogP contribution in [0.5, 0.6) is 0 Å². The molecule has 0 radical (unpaired) electrons. The fourth-order valence-corrected chi connectivity index (χ4v) is 2.24. The molecule has 106 valence electrons. The smallest absolute Gasteiger partial charge is 0.292 e. The number of rotatable bonds is 6. The maximum Gasteiger partial charge on any atom is 0.292 e. The molecule has 1 heterocycles. The van der Waals surface area contributed by atoms with Crippen LogP contribution in [0.3, 0.4) is 0 Å². The van der Waals surface area contributed by atoms with E-state index in [4.69, 9.17) is 11.6 Å². The molecule has 0 unspecified atom stereocenters. The van der Waals surface area contributed by atoms with Gasteiger partial charge in [-0.25, -0.2) is 0 Å². The summed E-state index contributed by atoms with van der Waals surface area (Å²) < 4.78 is 0. The summed E-state index contributed by atoms with van der Waals surface area (Å²) in [6.45, 7) is 2.62. The molecule has 0 bridgehead atoms. The number of carbonyl (C=O) groups excluding carboxylic acids is 2. The average Bonchev–Trinajstić information content (AvgIpc) is 2.85. The molecule has 2 N–H and O–H groups in total. The van der Waals surface area contributed by atoms with Gasteiger partial charge in [-0.15, -0.1) is 0 Å². The van der Waals surface area contributed by atoms with Crippen LogP contribution in [-0.4, -0.2) is 23.2 Å². The lowest BCUT2D eigenvalue weighted by Crippen LogP contribution is -2.31. The van der Waals surface area contributed by atoms with E-state index in [0.29, 0.717) is 22.5 Å². The molecule has 1 aromatic heterocycles. The molecule has 0 aliphatic heterocycles. The summed E-state index contributed by atoms with van der Waals surface area (Å²) in [6.07, 6.45) is 4.56. The van der Waals surface area contributed by atoms with E-state index in [2.05, 4.69) is 17.2 Å². The van der Waals surface area contributed by atoms with Gasteiger partial charge in [0.05, 0.1) is 5.56 Å². The predicted molar refractivity (Wildman–Crippen MR) is 80.2 cm³/mol. The third-order valence-corrected chi connectivity index (χ3v) is 3.40. The first-order chi connectivity index (χ1) is 9.63. The van der Waals surface area contributed by atoms with Crippen LogP contribution < -0.4 is 5.32 Å². The van der Waals surface area contributed by atoms with E-state index in [0.717, 1.165) is 24.8 Å². The second-order valence-electron chi connectivity index (χ2n) is 4.68. The van der Waals surface area contributed by atoms with Crippen molar-refractivity contribution in [2.24, 2.45) is 0 Å². The minimum Gasteiger partial charge on any atom is -0.360 e. The lowest BCUT2D eigenvalue weighted by molar-refractivity contribution is -0.117. The SMILES string of the molecule is CCCCCNC(=O)C(=O)c1c[nH]c2cc(Cl)ccc12. The number of hydrogen-bond donors (Lipinski definition) is 2. The highest BCUT2D eigenvalue weighted by molar-refractivity contribution is 6.45. The second-order valence-corrected chi connectivity index (χ2v) is 5.12. The number of amides is 1. The van der Waals surface area contributed by atoms with Crippen LogP contribution in [0.1, 0.15) is 36.5 Å². The molecule has 1 aromatic carbocycles. The first kappa shape index (κ1) is 14.6. The Kier molecular flexibility index (Phi) is 4.79. The van der Waals surface area contributed by atoms with Crippen LogP contribution in [0.2, 0.25) is 5.02 Å². The number of unbranched alkanes of at least 4 members (excludes halogenated alkanes) is 2. The Hall–Kier alpha value is -1.81. The number of halogens is 1. The number of H-pyrrole nitrogens is 1. The molecule has 20 heavy (non-hydrogen) atoms. The highest BCUT2D eigenvalue weighted by Gasteiger charge is 2.19. The molecular weight excluding hydrogens is 276 g/mol. The Balaban J connectivity index is 2.09. The quantitative estimate of drug-likeness (QED) is 0.487. The Bertz CT molecular complexity index is 634. The van der Waals surface area contributed by atoms with Crippen molar-refractivity contribution in [3.05, 3.63) is 35.0 Å². The summed E-state index contributed by atoms with van der Waals surface area (Å²) in [7, 11) is 0. The molecular formula is C15H17ClN2O2. The van der Waals surface area contributed by atoms with Gasteiger partial charge in [0.15, 0.2) is 0 Å². The summed E-state index contributed by atoms with van der Waals surface area (Å²) in [6, 6.07) is 5.17. The van der Waals surface area contributed by atoms with Crippen molar-refractivity contribution < 1.29 is 9.59 Å². The second kappa shape index (κ2) is 6.57. The van der Waals surface area contributed by atoms with Gasteiger partial charge in [0.1, 0.15) is 0 Å². The molecule has 0 saturated heterocycles. The van der Waals surface area contributed by atoms with E-state index < -0.39 is 11.7 Å². The van der Waals surface area contributed by atoms with Crippen molar-refractivity contribution in [1.82, 2.24) is 10.3 Å². The van der Waals surface area contributed by atoms with E-state index in [-0.39, 0.29) is 0 Å². The summed E-state index contributed by atoms with van der Waals surface area (Å²) >= 11 is 5.88. The fourth-order valence-electron chi connectivity index (χ4n) is 2.07. The highest BCUT2D eigenvalue weighted by Crippen LogP contribution is 2.22. The van der Waals surface area contributed by atoms with Crippen LogP contribution in [-0.2, 0) is 4.79 Å². The van der Waals surface area contributed by atoms with Crippen LogP contribution in [0.15, 0.2) is 24.4 Å². The van der Waals surface area contributed by atoms with E-state index in [1.807, 2.05) is 0 Å². The van der Waals surface area contributed by atoms with Gasteiger partial charge in [-0.2, -0.15) is 0 Å². The van der Waals surface area contributed by atoms with Crippen molar-refractivity contribution in [3.63, 3.8) is 0 Å². The van der Waals surface area contributed by atoms with Gasteiger partial charge in [-0.05, 0) is 18.6 Å². The number of aromatic nitrogens is 1. The zero-order chi connectivity index (χ0) is 14.5. The molecule has 2 aromatic rings. The molecule has 0 atom stereocenters. The molecule has 0 fully saturated rings. The van der Waals surface area contributed by atoms with Crippen LogP contribution in [0, 0.1) is 0 Å². The Morgan fingerprint density at radius 2 is 2.10 bits per heavy atom. The van der Waals surface area contributed by atoms with Gasteiger partial charge in [0.25, 0.3) is 11.7 Å². The van der Waals surface area contributed by atoms with E-state index in [1.165, 1.54) is 0 Å². The number of benzene rings is 1. The molecule has 0 saturated carbocycles. The van der Waals surface area contributed by atoms with Crippen molar-refractivity contribution in [3.8, 4) is 0 Å². The number of Topliss-reactive ketones (excluding diaryl/α,β-unsaturated/α-hetero) is 1. The van der Waals surface area contributed by atoms with Crippen LogP contribution in [0.4, 0.5) is 0 Å². The van der Waals surface area contributed by atoms with Gasteiger partial charge >= 0.3 is 0 Å². The van der Waals surface area contributed by atoms with Crippen LogP contribution >= 0.6 is 11.6 Å². The predicted octanol–water partition coefficient (Wildman–Crippen LogP) is 3.31. The van der Waals surface area contributed by atoms with Crippen molar-refractivity contribution in [2.45, 2.75) is 26.2 Å². The maximum atomic E-state index is 12.1. The molecule has 5 heteroatoms. The standard InChI is InChI=1S/C15H17ClN2O2/c1-2-3-4-7-17-15(20)14(19)12-9-18-13-8-10(16)5-6-11(12)13/h5-6,8-9,18H,2-4,7H2,1H3,(H,17,20). The maximum absolute atomic E-state index is 12.1. The normalized spacial score (nSPS) is 10.7. The highest BCUT2D eigenvalue weighted by atomic mass is 35.5. The van der Waals surface area contributed by atoms with Gasteiger partial charge in [-0.3, -0.25) is 9.59 Å². The van der Waals surface area contributed by atoms with Gasteiger partial charge in [0.2, 0.25) is 0 Å². The third-order valence-electron chi connectivity index (χ3n) is 3.16. The van der Waals surface area contributed by atoms with Gasteiger partial charge in [-0.1, -0.05) is 37.4 Å². The van der Waals surface area contributed by atoms with Crippen molar-refractivity contribution in [2.75, 3.05) is 6.54 Å². The van der Waals surface area contributed by atoms with E-state index in [9.17, 15) is 9.59 Å². The molecule has 1 amide bonds. The number of hydrogen-bond acceptors (Lipinski definition) is 2. The molecule has 0 spiro atoms. The van der Waals surface area contributed by atoms with Crippen molar-refractivity contribution in [1.29, 1.82) is 0 Å². The number of fused-ring (bicyclic) bond motifs is 1. The number of aromatic amines is 1. The average molecular weight is 293 g/mol. The largest absolute Gasteiger partial charge is 0.360 e. The topological polar surface area (TPSA) is 62.0 Å². The van der Waals surface area contributed by atoms with Gasteiger partial charge in [0, 0.05) is 28.7 Å². The minimum absolute atomic E-state index is 0.379. The zero-order valence-electron chi connectivity index (χ0n) is 11.3. The first-order valence-corrected chi connectivity index (χ1v) is 7.10. The molecule has 0 aliphatic carbocycles. The van der Waals surface area contributed by atoms with E-state index in [1.54, 1.807) is 24.4 Å². The third kappa shape index (κ3) is 3.20. The Morgan fingerprint density at radius 3 is 2.85 bits per heavy atom. The molecule has 0 aliphatic rings. The fraction of sp³-hybridized carbons (Fsp3) is 0.333. The van der Waals surface area contributed by atoms with E-state index >= 15 is 0 Å². The summed E-state index contributed by atoms with van der Waals surface area (Å²) in [4.78, 5) is 26.9. The summed E-state index contributed by atoms with van der Waals surface area (Å²) in [5, 5.41) is 3.95. The van der Waals surface area contributed by atoms with Crippen molar-refractivity contribution >= 4 is 34.2 Å².